The maximum Gasteiger partial charge on any atom is 0.325 e. The molecule has 0 fully saturated rings. The van der Waals surface area contributed by atoms with E-state index in [1.54, 1.807) is 0 Å². The molecule has 160 valence electrons. The van der Waals surface area contributed by atoms with E-state index in [4.69, 9.17) is 16.3 Å². The first-order valence-electron chi connectivity index (χ1n) is 9.25. The van der Waals surface area contributed by atoms with Crippen molar-refractivity contribution in [3.63, 3.8) is 0 Å². The van der Waals surface area contributed by atoms with Crippen LogP contribution >= 0.6 is 11.6 Å². The maximum atomic E-state index is 12.1. The highest BCUT2D eigenvalue weighted by molar-refractivity contribution is 6.32. The predicted octanol–water partition coefficient (Wildman–Crippen LogP) is 3.52. The number of nitrogens with one attached hydrogen (secondary N) is 1. The SMILES string of the molecule is Cc1cc(C)n(-c2ccc(COC(=O)CNC(=O)c3ccc(Cl)c([N+](=O)[O-])c3)cc2)n1. The molecule has 3 rings (SSSR count). The molecule has 0 saturated carbocycles. The van der Waals surface area contributed by atoms with Gasteiger partial charge in [0.1, 0.15) is 18.2 Å². The molecule has 3 aromatic rings. The van der Waals surface area contributed by atoms with Crippen molar-refractivity contribution in [1.82, 2.24) is 15.1 Å². The number of carbonyl (C=O) groups excluding carboxylic acids is 2. The Kier molecular flexibility index (Phi) is 6.66. The second-order valence-corrected chi connectivity index (χ2v) is 7.18. The smallest absolute Gasteiger partial charge is 0.325 e. The molecule has 0 saturated heterocycles. The number of aromatic nitrogens is 2. The molecule has 0 unspecified atom stereocenters. The fourth-order valence-electron chi connectivity index (χ4n) is 2.89. The van der Waals surface area contributed by atoms with Crippen LogP contribution < -0.4 is 5.32 Å². The van der Waals surface area contributed by atoms with Crippen LogP contribution in [0.15, 0.2) is 48.5 Å². The first-order valence-corrected chi connectivity index (χ1v) is 9.62. The second-order valence-electron chi connectivity index (χ2n) is 6.77. The molecule has 0 aliphatic heterocycles. The van der Waals surface area contributed by atoms with Crippen LogP contribution in [0.25, 0.3) is 5.69 Å². The van der Waals surface area contributed by atoms with Gasteiger partial charge in [-0.25, -0.2) is 4.68 Å². The number of amides is 1. The average molecular weight is 443 g/mol. The molecular weight excluding hydrogens is 424 g/mol. The molecule has 2 aromatic carbocycles. The summed E-state index contributed by atoms with van der Waals surface area (Å²) in [4.78, 5) is 34.3. The number of benzene rings is 2. The molecule has 0 aliphatic carbocycles. The van der Waals surface area contributed by atoms with Crippen LogP contribution in [0.1, 0.15) is 27.3 Å². The molecule has 1 N–H and O–H groups in total. The summed E-state index contributed by atoms with van der Waals surface area (Å²) in [5.74, 6) is -1.29. The van der Waals surface area contributed by atoms with Crippen molar-refractivity contribution in [2.45, 2.75) is 20.5 Å². The third-order valence-electron chi connectivity index (χ3n) is 4.39. The monoisotopic (exact) mass is 442 g/mol. The second kappa shape index (κ2) is 9.40. The number of halogens is 1. The highest BCUT2D eigenvalue weighted by Gasteiger charge is 2.17. The molecule has 10 heteroatoms. The van der Waals surface area contributed by atoms with Crippen molar-refractivity contribution in [1.29, 1.82) is 0 Å². The summed E-state index contributed by atoms with van der Waals surface area (Å²) in [5, 5.41) is 17.6. The standard InChI is InChI=1S/C21H19ClN4O5/c1-13-9-14(2)25(24-13)17-6-3-15(4-7-17)12-31-20(27)11-23-21(28)16-5-8-18(22)19(10-16)26(29)30/h3-10H,11-12H2,1-2H3,(H,23,28). The van der Waals surface area contributed by atoms with Crippen molar-refractivity contribution in [2.24, 2.45) is 0 Å². The van der Waals surface area contributed by atoms with Gasteiger partial charge in [-0.05, 0) is 49.7 Å². The van der Waals surface area contributed by atoms with Gasteiger partial charge in [0.05, 0.1) is 16.3 Å². The molecule has 0 spiro atoms. The lowest BCUT2D eigenvalue weighted by atomic mass is 10.2. The highest BCUT2D eigenvalue weighted by Crippen LogP contribution is 2.25. The number of nitrogens with zero attached hydrogens (tertiary/aromatic N) is 3. The summed E-state index contributed by atoms with van der Waals surface area (Å²) in [6, 6.07) is 13.0. The normalized spacial score (nSPS) is 10.5. The Morgan fingerprint density at radius 1 is 1.16 bits per heavy atom. The van der Waals surface area contributed by atoms with Crippen molar-refractivity contribution in [2.75, 3.05) is 6.54 Å². The van der Waals surface area contributed by atoms with Crippen molar-refractivity contribution >= 4 is 29.2 Å². The summed E-state index contributed by atoms with van der Waals surface area (Å²) < 4.78 is 6.98. The third-order valence-corrected chi connectivity index (χ3v) is 4.71. The third kappa shape index (κ3) is 5.46. The van der Waals surface area contributed by atoms with E-state index in [1.807, 2.05) is 48.9 Å². The number of hydrogen-bond acceptors (Lipinski definition) is 6. The quantitative estimate of drug-likeness (QED) is 0.340. The van der Waals surface area contributed by atoms with Gasteiger partial charge < -0.3 is 10.1 Å². The van der Waals surface area contributed by atoms with Gasteiger partial charge in [-0.1, -0.05) is 23.7 Å². The van der Waals surface area contributed by atoms with E-state index in [-0.39, 0.29) is 29.4 Å². The van der Waals surface area contributed by atoms with Crippen LogP contribution in [0.2, 0.25) is 5.02 Å². The van der Waals surface area contributed by atoms with Crippen LogP contribution in [0.3, 0.4) is 0 Å². The summed E-state index contributed by atoms with van der Waals surface area (Å²) in [5.41, 5.74) is 3.23. The van der Waals surface area contributed by atoms with Crippen LogP contribution in [0, 0.1) is 24.0 Å². The van der Waals surface area contributed by atoms with Gasteiger partial charge in [-0.3, -0.25) is 19.7 Å². The summed E-state index contributed by atoms with van der Waals surface area (Å²) in [6.45, 7) is 3.55. The van der Waals surface area contributed by atoms with Gasteiger partial charge >= 0.3 is 5.97 Å². The number of rotatable bonds is 7. The molecule has 0 bridgehead atoms. The Labute approximate surface area is 182 Å². The van der Waals surface area contributed by atoms with E-state index in [0.29, 0.717) is 0 Å². The maximum absolute atomic E-state index is 12.1. The van der Waals surface area contributed by atoms with Crippen molar-refractivity contribution in [3.05, 3.63) is 86.2 Å². The molecule has 9 nitrogen and oxygen atoms in total. The number of nitro benzene ring substituents is 1. The topological polar surface area (TPSA) is 116 Å². The number of carbonyl (C=O) groups is 2. The average Bonchev–Trinajstić information content (AvgIpc) is 3.08. The van der Waals surface area contributed by atoms with E-state index in [2.05, 4.69) is 10.4 Å². The Morgan fingerprint density at radius 3 is 2.48 bits per heavy atom. The molecule has 0 atom stereocenters. The van der Waals surface area contributed by atoms with E-state index >= 15 is 0 Å². The zero-order chi connectivity index (χ0) is 22.5. The summed E-state index contributed by atoms with van der Waals surface area (Å²) in [7, 11) is 0. The molecule has 1 heterocycles. The lowest BCUT2D eigenvalue weighted by Crippen LogP contribution is -2.30. The van der Waals surface area contributed by atoms with E-state index in [1.165, 1.54) is 12.1 Å². The number of aryl methyl sites for hydroxylation is 2. The lowest BCUT2D eigenvalue weighted by molar-refractivity contribution is -0.384. The lowest BCUT2D eigenvalue weighted by Gasteiger charge is -2.08. The molecule has 1 aromatic heterocycles. The number of nitro groups is 1. The number of hydrogen-bond donors (Lipinski definition) is 1. The summed E-state index contributed by atoms with van der Waals surface area (Å²) in [6.07, 6.45) is 0. The van der Waals surface area contributed by atoms with Crippen LogP contribution in [0.5, 0.6) is 0 Å². The highest BCUT2D eigenvalue weighted by atomic mass is 35.5. The largest absolute Gasteiger partial charge is 0.460 e. The zero-order valence-corrected chi connectivity index (χ0v) is 17.5. The van der Waals surface area contributed by atoms with Gasteiger partial charge in [0.2, 0.25) is 0 Å². The fraction of sp³-hybridized carbons (Fsp3) is 0.190. The van der Waals surface area contributed by atoms with Crippen LogP contribution in [-0.4, -0.2) is 33.1 Å². The molecule has 0 radical (unpaired) electrons. The van der Waals surface area contributed by atoms with Gasteiger partial charge in [0.25, 0.3) is 11.6 Å². The van der Waals surface area contributed by atoms with Crippen LogP contribution in [-0.2, 0) is 16.1 Å². The molecule has 31 heavy (non-hydrogen) atoms. The molecular formula is C21H19ClN4O5. The van der Waals surface area contributed by atoms with E-state index in [9.17, 15) is 19.7 Å². The molecule has 0 aliphatic rings. The minimum atomic E-state index is -0.687. The number of ether oxygens (including phenoxy) is 1. The predicted molar refractivity (Wildman–Crippen MR) is 113 cm³/mol. The fourth-order valence-corrected chi connectivity index (χ4v) is 3.07. The zero-order valence-electron chi connectivity index (χ0n) is 16.8. The van der Waals surface area contributed by atoms with Crippen molar-refractivity contribution in [3.8, 4) is 5.69 Å². The Bertz CT molecular complexity index is 1140. The van der Waals surface area contributed by atoms with Crippen LogP contribution in [0.4, 0.5) is 5.69 Å². The minimum Gasteiger partial charge on any atom is -0.460 e. The van der Waals surface area contributed by atoms with Gasteiger partial charge in [-0.15, -0.1) is 0 Å². The Hall–Kier alpha value is -3.72. The number of esters is 1. The van der Waals surface area contributed by atoms with Gasteiger partial charge in [0, 0.05) is 17.3 Å². The Balaban J connectivity index is 1.51. The first kappa shape index (κ1) is 22.0. The first-order chi connectivity index (χ1) is 14.7. The van der Waals surface area contributed by atoms with Gasteiger partial charge in [-0.2, -0.15) is 5.10 Å². The minimum absolute atomic E-state index is 0.0173. The Morgan fingerprint density at radius 2 is 1.87 bits per heavy atom. The van der Waals surface area contributed by atoms with Crippen molar-refractivity contribution < 1.29 is 19.2 Å². The van der Waals surface area contributed by atoms with Gasteiger partial charge in [0.15, 0.2) is 0 Å². The summed E-state index contributed by atoms with van der Waals surface area (Å²) >= 11 is 5.72. The molecule has 1 amide bonds. The van der Waals surface area contributed by atoms with E-state index < -0.39 is 16.8 Å². The van der Waals surface area contributed by atoms with E-state index in [0.717, 1.165) is 28.7 Å².